The second-order valence-electron chi connectivity index (χ2n) is 5.09. The Bertz CT molecular complexity index is 803. The third-order valence-electron chi connectivity index (χ3n) is 3.29. The van der Waals surface area contributed by atoms with Gasteiger partial charge >= 0.3 is 0 Å². The molecule has 0 radical (unpaired) electrons. The highest BCUT2D eigenvalue weighted by molar-refractivity contribution is 5.82. The number of hydrogen-bond donors (Lipinski definition) is 0. The normalized spacial score (nSPS) is 12.2. The van der Waals surface area contributed by atoms with Crippen LogP contribution < -0.4 is 0 Å². The molecule has 0 saturated carbocycles. The Kier molecular flexibility index (Phi) is 3.61. The van der Waals surface area contributed by atoms with E-state index in [4.69, 9.17) is 9.78 Å². The fourth-order valence-corrected chi connectivity index (χ4v) is 2.20. The SMILES string of the molecule is CC(CC#N)Cc1nc(-c2ccc3ncccc3c2)no1. The first kappa shape index (κ1) is 13.3. The highest BCUT2D eigenvalue weighted by atomic mass is 16.5. The van der Waals surface area contributed by atoms with Gasteiger partial charge in [0.2, 0.25) is 11.7 Å². The maximum absolute atomic E-state index is 8.68. The average molecular weight is 278 g/mol. The number of aromatic nitrogens is 3. The molecule has 0 saturated heterocycles. The lowest BCUT2D eigenvalue weighted by Gasteiger charge is -2.00. The van der Waals surface area contributed by atoms with Crippen LogP contribution in [0, 0.1) is 17.2 Å². The summed E-state index contributed by atoms with van der Waals surface area (Å²) in [5.74, 6) is 1.35. The second kappa shape index (κ2) is 5.71. The fraction of sp³-hybridized carbons (Fsp3) is 0.250. The second-order valence-corrected chi connectivity index (χ2v) is 5.09. The molecule has 5 nitrogen and oxygen atoms in total. The molecule has 1 aromatic carbocycles. The quantitative estimate of drug-likeness (QED) is 0.731. The third-order valence-corrected chi connectivity index (χ3v) is 3.29. The van der Waals surface area contributed by atoms with E-state index in [1.54, 1.807) is 6.20 Å². The van der Waals surface area contributed by atoms with Crippen LogP contribution in [0.2, 0.25) is 0 Å². The van der Waals surface area contributed by atoms with E-state index >= 15 is 0 Å². The molecule has 3 aromatic rings. The van der Waals surface area contributed by atoms with E-state index < -0.39 is 0 Å². The van der Waals surface area contributed by atoms with Gasteiger partial charge in [-0.25, -0.2) is 0 Å². The Morgan fingerprint density at radius 2 is 2.24 bits per heavy atom. The summed E-state index contributed by atoms with van der Waals surface area (Å²) in [5.41, 5.74) is 1.84. The predicted molar refractivity (Wildman–Crippen MR) is 78.1 cm³/mol. The summed E-state index contributed by atoms with van der Waals surface area (Å²) in [6, 6.07) is 11.9. The number of pyridine rings is 1. The van der Waals surface area contributed by atoms with Gasteiger partial charge in [0.05, 0.1) is 11.6 Å². The number of nitrogens with zero attached hydrogens (tertiary/aromatic N) is 4. The van der Waals surface area contributed by atoms with E-state index in [9.17, 15) is 0 Å². The molecule has 3 rings (SSSR count). The fourth-order valence-electron chi connectivity index (χ4n) is 2.20. The van der Waals surface area contributed by atoms with E-state index in [-0.39, 0.29) is 5.92 Å². The van der Waals surface area contributed by atoms with E-state index in [2.05, 4.69) is 21.2 Å². The molecule has 104 valence electrons. The molecular weight excluding hydrogens is 264 g/mol. The van der Waals surface area contributed by atoms with Crippen molar-refractivity contribution in [1.82, 2.24) is 15.1 Å². The van der Waals surface area contributed by atoms with Gasteiger partial charge < -0.3 is 4.52 Å². The zero-order valence-corrected chi connectivity index (χ0v) is 11.7. The van der Waals surface area contributed by atoms with E-state index in [0.29, 0.717) is 24.6 Å². The van der Waals surface area contributed by atoms with Gasteiger partial charge in [0.25, 0.3) is 0 Å². The Morgan fingerprint density at radius 3 is 3.10 bits per heavy atom. The summed E-state index contributed by atoms with van der Waals surface area (Å²) < 4.78 is 5.26. The summed E-state index contributed by atoms with van der Waals surface area (Å²) in [6.45, 7) is 1.99. The van der Waals surface area contributed by atoms with Crippen molar-refractivity contribution in [1.29, 1.82) is 5.26 Å². The molecule has 1 unspecified atom stereocenters. The van der Waals surface area contributed by atoms with Gasteiger partial charge in [-0.15, -0.1) is 0 Å². The number of fused-ring (bicyclic) bond motifs is 1. The van der Waals surface area contributed by atoms with Crippen LogP contribution in [0.1, 0.15) is 19.2 Å². The summed E-state index contributed by atoms with van der Waals surface area (Å²) in [6.07, 6.45) is 2.88. The van der Waals surface area contributed by atoms with E-state index in [1.807, 2.05) is 37.3 Å². The smallest absolute Gasteiger partial charge is 0.227 e. The largest absolute Gasteiger partial charge is 0.339 e. The van der Waals surface area contributed by atoms with Crippen molar-refractivity contribution in [2.24, 2.45) is 5.92 Å². The van der Waals surface area contributed by atoms with Crippen LogP contribution in [-0.2, 0) is 6.42 Å². The van der Waals surface area contributed by atoms with Gasteiger partial charge in [0.15, 0.2) is 0 Å². The van der Waals surface area contributed by atoms with Crippen molar-refractivity contribution in [2.75, 3.05) is 0 Å². The summed E-state index contributed by atoms with van der Waals surface area (Å²) in [4.78, 5) is 8.69. The number of rotatable bonds is 4. The Hall–Kier alpha value is -2.74. The van der Waals surface area contributed by atoms with Gasteiger partial charge in [-0.05, 0) is 30.2 Å². The first-order valence-electron chi connectivity index (χ1n) is 6.81. The standard InChI is InChI=1S/C16H14N4O/c1-11(6-7-17)9-15-19-16(20-21-15)13-4-5-14-12(10-13)3-2-8-18-14/h2-5,8,10-11H,6,9H2,1H3. The number of nitriles is 1. The maximum atomic E-state index is 8.68. The van der Waals surface area contributed by atoms with Crippen molar-refractivity contribution in [3.05, 3.63) is 42.4 Å². The lowest BCUT2D eigenvalue weighted by atomic mass is 10.1. The first-order valence-corrected chi connectivity index (χ1v) is 6.81. The lowest BCUT2D eigenvalue weighted by molar-refractivity contribution is 0.359. The van der Waals surface area contributed by atoms with Gasteiger partial charge in [-0.2, -0.15) is 10.2 Å². The zero-order chi connectivity index (χ0) is 14.7. The van der Waals surface area contributed by atoms with E-state index in [1.165, 1.54) is 0 Å². The predicted octanol–water partition coefficient (Wildman–Crippen LogP) is 3.38. The molecular formula is C16H14N4O. The average Bonchev–Trinajstić information content (AvgIpc) is 2.95. The van der Waals surface area contributed by atoms with Crippen molar-refractivity contribution in [3.63, 3.8) is 0 Å². The Balaban J connectivity index is 1.86. The van der Waals surface area contributed by atoms with Crippen molar-refractivity contribution < 1.29 is 4.52 Å². The van der Waals surface area contributed by atoms with Crippen LogP contribution in [0.15, 0.2) is 41.1 Å². The molecule has 1 atom stereocenters. The molecule has 2 aromatic heterocycles. The maximum Gasteiger partial charge on any atom is 0.227 e. The molecule has 2 heterocycles. The highest BCUT2D eigenvalue weighted by Crippen LogP contribution is 2.22. The molecule has 0 aliphatic heterocycles. The Labute approximate surface area is 122 Å². The van der Waals surface area contributed by atoms with Gasteiger partial charge in [0.1, 0.15) is 0 Å². The van der Waals surface area contributed by atoms with Gasteiger partial charge in [-0.1, -0.05) is 18.1 Å². The minimum atomic E-state index is 0.212. The third kappa shape index (κ3) is 2.90. The van der Waals surface area contributed by atoms with Crippen LogP contribution in [0.3, 0.4) is 0 Å². The Morgan fingerprint density at radius 1 is 1.33 bits per heavy atom. The summed E-state index contributed by atoms with van der Waals surface area (Å²) >= 11 is 0. The molecule has 0 amide bonds. The number of hydrogen-bond acceptors (Lipinski definition) is 5. The van der Waals surface area contributed by atoms with Crippen molar-refractivity contribution in [3.8, 4) is 17.5 Å². The first-order chi connectivity index (χ1) is 10.3. The van der Waals surface area contributed by atoms with Crippen LogP contribution in [0.4, 0.5) is 0 Å². The number of benzene rings is 1. The van der Waals surface area contributed by atoms with Crippen LogP contribution in [0.5, 0.6) is 0 Å². The molecule has 0 fully saturated rings. The van der Waals surface area contributed by atoms with Crippen molar-refractivity contribution in [2.45, 2.75) is 19.8 Å². The van der Waals surface area contributed by atoms with Gasteiger partial charge in [0, 0.05) is 30.0 Å². The minimum Gasteiger partial charge on any atom is -0.339 e. The molecule has 21 heavy (non-hydrogen) atoms. The molecule has 5 heteroatoms. The molecule has 0 spiro atoms. The van der Waals surface area contributed by atoms with Crippen molar-refractivity contribution >= 4 is 10.9 Å². The topological polar surface area (TPSA) is 75.6 Å². The van der Waals surface area contributed by atoms with Crippen LogP contribution in [0.25, 0.3) is 22.3 Å². The lowest BCUT2D eigenvalue weighted by Crippen LogP contribution is -1.98. The summed E-state index contributed by atoms with van der Waals surface area (Å²) in [7, 11) is 0. The van der Waals surface area contributed by atoms with Crippen LogP contribution in [-0.4, -0.2) is 15.1 Å². The monoisotopic (exact) mass is 278 g/mol. The van der Waals surface area contributed by atoms with Crippen LogP contribution >= 0.6 is 0 Å². The zero-order valence-electron chi connectivity index (χ0n) is 11.7. The molecule has 0 aliphatic rings. The minimum absolute atomic E-state index is 0.212. The van der Waals surface area contributed by atoms with Gasteiger partial charge in [-0.3, -0.25) is 4.98 Å². The molecule has 0 N–H and O–H groups in total. The summed E-state index contributed by atoms with van der Waals surface area (Å²) in [5, 5.41) is 13.7. The molecule has 0 aliphatic carbocycles. The highest BCUT2D eigenvalue weighted by Gasteiger charge is 2.12. The molecule has 0 bridgehead atoms. The van der Waals surface area contributed by atoms with E-state index in [0.717, 1.165) is 16.5 Å².